The molecule has 0 fully saturated rings. The van der Waals surface area contributed by atoms with Gasteiger partial charge in [0.1, 0.15) is 6.54 Å². The number of carbonyl (C=O) groups excluding carboxylic acids is 3. The van der Waals surface area contributed by atoms with Gasteiger partial charge in [-0.3, -0.25) is 29.9 Å². The second kappa shape index (κ2) is 10.1. The van der Waals surface area contributed by atoms with Crippen LogP contribution in [0.1, 0.15) is 29.9 Å². The Balaban J connectivity index is 1.91. The van der Waals surface area contributed by atoms with Gasteiger partial charge in [0.15, 0.2) is 5.69 Å². The fraction of sp³-hybridized carbons (Fsp3) is 0.333. The molecule has 2 aromatic rings. The number of halogens is 3. The van der Waals surface area contributed by atoms with Gasteiger partial charge in [-0.2, -0.15) is 18.3 Å². The van der Waals surface area contributed by atoms with E-state index in [1.807, 2.05) is 13.8 Å². The highest BCUT2D eigenvalue weighted by Crippen LogP contribution is 2.27. The Morgan fingerprint density at radius 1 is 1.10 bits per heavy atom. The molecular formula is C18H20F3N5O3S. The van der Waals surface area contributed by atoms with Crippen LogP contribution in [0.3, 0.4) is 0 Å². The number of alkyl halides is 3. The van der Waals surface area contributed by atoms with Gasteiger partial charge in [0, 0.05) is 17.1 Å². The molecule has 3 N–H and O–H groups in total. The molecule has 8 nitrogen and oxygen atoms in total. The van der Waals surface area contributed by atoms with Crippen molar-refractivity contribution in [3.05, 3.63) is 47.8 Å². The summed E-state index contributed by atoms with van der Waals surface area (Å²) in [5, 5.41) is 6.00. The summed E-state index contributed by atoms with van der Waals surface area (Å²) in [6.45, 7) is 3.15. The molecule has 2 rings (SSSR count). The van der Waals surface area contributed by atoms with Gasteiger partial charge in [-0.1, -0.05) is 12.1 Å². The van der Waals surface area contributed by atoms with E-state index in [1.54, 1.807) is 18.2 Å². The molecular weight excluding hydrogens is 423 g/mol. The summed E-state index contributed by atoms with van der Waals surface area (Å²) < 4.78 is 38.4. The molecule has 0 atom stereocenters. The number of nitrogens with one attached hydrogen (secondary N) is 3. The van der Waals surface area contributed by atoms with E-state index in [9.17, 15) is 27.6 Å². The van der Waals surface area contributed by atoms with E-state index < -0.39 is 30.2 Å². The molecule has 0 spiro atoms. The molecule has 12 heteroatoms. The highest BCUT2D eigenvalue weighted by Gasteiger charge is 2.33. The van der Waals surface area contributed by atoms with Crippen LogP contribution >= 0.6 is 11.8 Å². The number of benzene rings is 1. The van der Waals surface area contributed by atoms with Crippen molar-refractivity contribution < 1.29 is 27.6 Å². The number of amides is 3. The lowest BCUT2D eigenvalue weighted by Crippen LogP contribution is -2.43. The van der Waals surface area contributed by atoms with E-state index in [4.69, 9.17) is 0 Å². The van der Waals surface area contributed by atoms with Crippen LogP contribution in [-0.4, -0.2) is 39.3 Å². The number of aromatic nitrogens is 2. The smallest absolute Gasteiger partial charge is 0.353 e. The molecule has 0 unspecified atom stereocenters. The van der Waals surface area contributed by atoms with Gasteiger partial charge in [0.25, 0.3) is 11.8 Å². The Bertz CT molecular complexity index is 914. The van der Waals surface area contributed by atoms with Gasteiger partial charge in [0.2, 0.25) is 5.91 Å². The Kier molecular flexibility index (Phi) is 7.86. The molecule has 0 saturated heterocycles. The van der Waals surface area contributed by atoms with Crippen molar-refractivity contribution in [1.82, 2.24) is 25.9 Å². The fourth-order valence-electron chi connectivity index (χ4n) is 2.27. The van der Waals surface area contributed by atoms with Crippen molar-refractivity contribution in [3.8, 4) is 0 Å². The fourth-order valence-corrected chi connectivity index (χ4v) is 3.13. The monoisotopic (exact) mass is 443 g/mol. The predicted molar refractivity (Wildman–Crippen MR) is 103 cm³/mol. The third kappa shape index (κ3) is 7.10. The van der Waals surface area contributed by atoms with E-state index >= 15 is 0 Å². The first-order chi connectivity index (χ1) is 14.1. The van der Waals surface area contributed by atoms with Gasteiger partial charge < -0.3 is 5.32 Å². The topological polar surface area (TPSA) is 105 Å². The molecule has 0 radical (unpaired) electrons. The summed E-state index contributed by atoms with van der Waals surface area (Å²) in [5.74, 6) is -1.47. The third-order valence-corrected chi connectivity index (χ3v) is 4.57. The van der Waals surface area contributed by atoms with Crippen molar-refractivity contribution in [2.24, 2.45) is 0 Å². The molecule has 0 aliphatic carbocycles. The van der Waals surface area contributed by atoms with E-state index in [-0.39, 0.29) is 23.3 Å². The molecule has 30 heavy (non-hydrogen) atoms. The average molecular weight is 443 g/mol. The zero-order valence-electron chi connectivity index (χ0n) is 16.1. The quantitative estimate of drug-likeness (QED) is 0.448. The van der Waals surface area contributed by atoms with E-state index in [2.05, 4.69) is 21.3 Å². The molecule has 0 aliphatic rings. The minimum Gasteiger partial charge on any atom is -0.353 e. The predicted octanol–water partition coefficient (Wildman–Crippen LogP) is 1.98. The van der Waals surface area contributed by atoms with Crippen LogP contribution in [0.15, 0.2) is 41.4 Å². The SMILES string of the molecule is CC(C)NC(=O)CSc1ccccc1C(=O)NNC(=O)Cn1ccc(C(F)(F)F)n1. The summed E-state index contributed by atoms with van der Waals surface area (Å²) >= 11 is 1.16. The van der Waals surface area contributed by atoms with Crippen LogP contribution in [0, 0.1) is 0 Å². The molecule has 1 aromatic carbocycles. The molecule has 0 aliphatic heterocycles. The van der Waals surface area contributed by atoms with Crippen molar-refractivity contribution in [3.63, 3.8) is 0 Å². The number of hydrogen-bond acceptors (Lipinski definition) is 5. The average Bonchev–Trinajstić information content (AvgIpc) is 3.13. The first-order valence-corrected chi connectivity index (χ1v) is 9.76. The summed E-state index contributed by atoms with van der Waals surface area (Å²) in [7, 11) is 0. The van der Waals surface area contributed by atoms with Crippen molar-refractivity contribution >= 4 is 29.5 Å². The maximum absolute atomic E-state index is 12.5. The lowest BCUT2D eigenvalue weighted by molar-refractivity contribution is -0.141. The minimum absolute atomic E-state index is 0.00569. The Morgan fingerprint density at radius 3 is 2.43 bits per heavy atom. The van der Waals surface area contributed by atoms with Crippen LogP contribution < -0.4 is 16.2 Å². The van der Waals surface area contributed by atoms with Gasteiger partial charge in [-0.25, -0.2) is 0 Å². The first-order valence-electron chi connectivity index (χ1n) is 8.77. The Morgan fingerprint density at radius 2 is 1.80 bits per heavy atom. The van der Waals surface area contributed by atoms with Crippen molar-refractivity contribution in [2.45, 2.75) is 37.5 Å². The molecule has 1 aromatic heterocycles. The number of carbonyl (C=O) groups is 3. The largest absolute Gasteiger partial charge is 0.435 e. The zero-order chi connectivity index (χ0) is 22.3. The molecule has 1 heterocycles. The van der Waals surface area contributed by atoms with Crippen molar-refractivity contribution in [1.29, 1.82) is 0 Å². The molecule has 162 valence electrons. The first kappa shape index (κ1) is 23.3. The number of thioether (sulfide) groups is 1. The zero-order valence-corrected chi connectivity index (χ0v) is 16.9. The standard InChI is InChI=1S/C18H20F3N5O3S/c1-11(2)22-16(28)10-30-13-6-4-3-5-12(13)17(29)24-23-15(27)9-26-8-7-14(25-26)18(19,20)21/h3-8,11H,9-10H2,1-2H3,(H,22,28)(H,23,27)(H,24,29). The maximum atomic E-state index is 12.5. The van der Waals surface area contributed by atoms with Crippen LogP contribution in [0.25, 0.3) is 0 Å². The van der Waals surface area contributed by atoms with Gasteiger partial charge in [-0.05, 0) is 32.0 Å². The van der Waals surface area contributed by atoms with Crippen LogP contribution in [0.5, 0.6) is 0 Å². The second-order valence-corrected chi connectivity index (χ2v) is 7.42. The number of rotatable bonds is 7. The summed E-state index contributed by atoms with van der Waals surface area (Å²) in [6, 6.07) is 7.24. The lowest BCUT2D eigenvalue weighted by atomic mass is 10.2. The molecule has 0 saturated carbocycles. The van der Waals surface area contributed by atoms with Crippen molar-refractivity contribution in [2.75, 3.05) is 5.75 Å². The number of nitrogens with zero attached hydrogens (tertiary/aromatic N) is 2. The minimum atomic E-state index is -4.61. The van der Waals surface area contributed by atoms with E-state index in [0.717, 1.165) is 28.7 Å². The normalized spacial score (nSPS) is 11.3. The Hall–Kier alpha value is -3.02. The van der Waals surface area contributed by atoms with Gasteiger partial charge in [-0.15, -0.1) is 11.8 Å². The second-order valence-electron chi connectivity index (χ2n) is 6.41. The van der Waals surface area contributed by atoms with Crippen LogP contribution in [0.4, 0.5) is 13.2 Å². The van der Waals surface area contributed by atoms with Gasteiger partial charge >= 0.3 is 6.18 Å². The van der Waals surface area contributed by atoms with Gasteiger partial charge in [0.05, 0.1) is 11.3 Å². The highest BCUT2D eigenvalue weighted by molar-refractivity contribution is 8.00. The van der Waals surface area contributed by atoms with E-state index in [1.165, 1.54) is 6.07 Å². The van der Waals surface area contributed by atoms with Crippen LogP contribution in [-0.2, 0) is 22.3 Å². The molecule has 3 amide bonds. The third-order valence-electron chi connectivity index (χ3n) is 3.49. The molecule has 0 bridgehead atoms. The van der Waals surface area contributed by atoms with Crippen LogP contribution in [0.2, 0.25) is 0 Å². The number of hydrazine groups is 1. The highest BCUT2D eigenvalue weighted by atomic mass is 32.2. The maximum Gasteiger partial charge on any atom is 0.435 e. The summed E-state index contributed by atoms with van der Waals surface area (Å²) in [4.78, 5) is 36.6. The Labute approximate surface area is 174 Å². The summed E-state index contributed by atoms with van der Waals surface area (Å²) in [6.07, 6.45) is -3.60. The lowest BCUT2D eigenvalue weighted by Gasteiger charge is -2.12. The van der Waals surface area contributed by atoms with E-state index in [0.29, 0.717) is 4.90 Å². The number of hydrogen-bond donors (Lipinski definition) is 3. The summed E-state index contributed by atoms with van der Waals surface area (Å²) in [5.41, 5.74) is 3.44.